The SMILES string of the molecule is C=CC(=O)N1CCN(c2nc(N3CC(N4CC(F)C4)C3)nc3c(=O)n(-c4cccc(C)c4C(F)(F)F)ncc23)CC1CC#N. The Labute approximate surface area is 249 Å². The number of hydrogen-bond donors (Lipinski definition) is 0. The lowest BCUT2D eigenvalue weighted by atomic mass is 10.0. The number of nitrogens with zero attached hydrogens (tertiary/aromatic N) is 9. The number of piperazine rings is 1. The summed E-state index contributed by atoms with van der Waals surface area (Å²) in [4.78, 5) is 42.9. The third-order valence-electron chi connectivity index (χ3n) is 8.47. The summed E-state index contributed by atoms with van der Waals surface area (Å²) in [6.07, 6.45) is -3.08. The monoisotopic (exact) mass is 611 g/mol. The fourth-order valence-electron chi connectivity index (χ4n) is 6.09. The number of hydrogen-bond acceptors (Lipinski definition) is 9. The maximum absolute atomic E-state index is 14.1. The molecule has 3 fully saturated rings. The summed E-state index contributed by atoms with van der Waals surface area (Å²) in [5.74, 6) is 0.221. The van der Waals surface area contributed by atoms with Crippen molar-refractivity contribution >= 4 is 28.6 Å². The zero-order valence-electron chi connectivity index (χ0n) is 23.8. The molecule has 0 spiro atoms. The predicted molar refractivity (Wildman–Crippen MR) is 153 cm³/mol. The first-order valence-electron chi connectivity index (χ1n) is 14.2. The summed E-state index contributed by atoms with van der Waals surface area (Å²) >= 11 is 0. The quantitative estimate of drug-likeness (QED) is 0.306. The maximum Gasteiger partial charge on any atom is 0.418 e. The van der Waals surface area contributed by atoms with E-state index >= 15 is 0 Å². The Balaban J connectivity index is 1.45. The number of aromatic nitrogens is 4. The first kappa shape index (κ1) is 29.5. The summed E-state index contributed by atoms with van der Waals surface area (Å²) in [5, 5.41) is 13.8. The lowest BCUT2D eigenvalue weighted by molar-refractivity contribution is -0.138. The average Bonchev–Trinajstić information content (AvgIpc) is 2.94. The van der Waals surface area contributed by atoms with Gasteiger partial charge in [-0.3, -0.25) is 14.5 Å². The predicted octanol–water partition coefficient (Wildman–Crippen LogP) is 2.46. The van der Waals surface area contributed by atoms with E-state index in [0.29, 0.717) is 43.2 Å². The van der Waals surface area contributed by atoms with Gasteiger partial charge in [0.15, 0.2) is 0 Å². The van der Waals surface area contributed by atoms with Crippen LogP contribution in [0.3, 0.4) is 0 Å². The zero-order valence-corrected chi connectivity index (χ0v) is 23.8. The van der Waals surface area contributed by atoms with Crippen LogP contribution in [0.1, 0.15) is 17.5 Å². The summed E-state index contributed by atoms with van der Waals surface area (Å²) < 4.78 is 56.4. The molecule has 0 radical (unpaired) electrons. The molecule has 0 aliphatic carbocycles. The van der Waals surface area contributed by atoms with E-state index in [0.717, 1.165) is 0 Å². The molecule has 0 saturated carbocycles. The van der Waals surface area contributed by atoms with E-state index < -0.39 is 35.2 Å². The molecule has 1 aromatic carbocycles. The lowest BCUT2D eigenvalue weighted by Gasteiger charge is -2.50. The van der Waals surface area contributed by atoms with Gasteiger partial charge >= 0.3 is 6.18 Å². The van der Waals surface area contributed by atoms with Crippen molar-refractivity contribution in [2.45, 2.75) is 37.8 Å². The van der Waals surface area contributed by atoms with E-state index in [1.54, 1.807) is 4.90 Å². The number of halogens is 4. The molecule has 44 heavy (non-hydrogen) atoms. The number of benzene rings is 1. The van der Waals surface area contributed by atoms with Gasteiger partial charge in [-0.05, 0) is 24.6 Å². The van der Waals surface area contributed by atoms with Crippen molar-refractivity contribution in [1.82, 2.24) is 29.5 Å². The molecular formula is C29H29F4N9O2. The molecular weight excluding hydrogens is 582 g/mol. The Kier molecular flexibility index (Phi) is 7.48. The van der Waals surface area contributed by atoms with Crippen molar-refractivity contribution in [3.8, 4) is 11.8 Å². The first-order chi connectivity index (χ1) is 21.0. The van der Waals surface area contributed by atoms with Gasteiger partial charge in [-0.1, -0.05) is 18.7 Å². The highest BCUT2D eigenvalue weighted by molar-refractivity contribution is 5.90. The van der Waals surface area contributed by atoms with Crippen LogP contribution in [0.15, 0.2) is 41.8 Å². The number of fused-ring (bicyclic) bond motifs is 1. The van der Waals surface area contributed by atoms with Crippen molar-refractivity contribution in [3.63, 3.8) is 0 Å². The van der Waals surface area contributed by atoms with Gasteiger partial charge in [0.05, 0.1) is 41.4 Å². The molecule has 3 saturated heterocycles. The second kappa shape index (κ2) is 11.2. The summed E-state index contributed by atoms with van der Waals surface area (Å²) in [6, 6.07) is 5.63. The Morgan fingerprint density at radius 2 is 1.89 bits per heavy atom. The van der Waals surface area contributed by atoms with Crippen LogP contribution in [-0.4, -0.2) is 99.5 Å². The molecule has 1 unspecified atom stereocenters. The van der Waals surface area contributed by atoms with Crippen molar-refractivity contribution in [2.24, 2.45) is 0 Å². The van der Waals surface area contributed by atoms with Gasteiger partial charge in [-0.15, -0.1) is 0 Å². The van der Waals surface area contributed by atoms with Crippen molar-refractivity contribution in [2.75, 3.05) is 55.6 Å². The fourth-order valence-corrected chi connectivity index (χ4v) is 6.09. The molecule has 6 rings (SSSR count). The van der Waals surface area contributed by atoms with Crippen LogP contribution >= 0.6 is 0 Å². The number of nitriles is 1. The number of likely N-dealkylation sites (tertiary alicyclic amines) is 1. The molecule has 3 aromatic rings. The van der Waals surface area contributed by atoms with E-state index in [1.165, 1.54) is 37.4 Å². The Morgan fingerprint density at radius 3 is 2.55 bits per heavy atom. The second-order valence-electron chi connectivity index (χ2n) is 11.2. The minimum Gasteiger partial charge on any atom is -0.352 e. The number of aryl methyl sites for hydroxylation is 1. The standard InChI is InChI=1S/C29H29F4N9O2/c1-3-23(43)41-10-9-38(14-19(41)7-8-34)26-21-11-35-42(22-6-4-5-17(2)24(22)29(31,32)33)27(44)25(21)36-28(37-26)40-15-20(16-40)39-12-18(30)13-39/h3-6,11,18-20H,1,7,9-10,12-16H2,2H3. The van der Waals surface area contributed by atoms with Gasteiger partial charge in [-0.2, -0.15) is 33.2 Å². The molecule has 0 N–H and O–H groups in total. The van der Waals surface area contributed by atoms with Crippen molar-refractivity contribution < 1.29 is 22.4 Å². The number of carbonyl (C=O) groups is 1. The van der Waals surface area contributed by atoms with Crippen LogP contribution in [0.4, 0.5) is 29.3 Å². The molecule has 11 nitrogen and oxygen atoms in total. The van der Waals surface area contributed by atoms with Crippen molar-refractivity contribution in [1.29, 1.82) is 5.26 Å². The van der Waals surface area contributed by atoms with Crippen molar-refractivity contribution in [3.05, 3.63) is 58.5 Å². The number of rotatable bonds is 6. The lowest BCUT2D eigenvalue weighted by Crippen LogP contribution is -2.66. The summed E-state index contributed by atoms with van der Waals surface area (Å²) in [7, 11) is 0. The topological polar surface area (TPSA) is 114 Å². The normalized spacial score (nSPS) is 19.9. The van der Waals surface area contributed by atoms with E-state index in [2.05, 4.69) is 22.7 Å². The van der Waals surface area contributed by atoms with Gasteiger partial charge in [-0.25, -0.2) is 9.37 Å². The molecule has 3 aliphatic heterocycles. The van der Waals surface area contributed by atoms with Crippen LogP contribution in [0.25, 0.3) is 16.6 Å². The van der Waals surface area contributed by atoms with Crippen LogP contribution in [0, 0.1) is 18.3 Å². The molecule has 1 atom stereocenters. The van der Waals surface area contributed by atoms with Gasteiger partial charge < -0.3 is 14.7 Å². The van der Waals surface area contributed by atoms with Crippen LogP contribution in [0.5, 0.6) is 0 Å². The highest BCUT2D eigenvalue weighted by Gasteiger charge is 2.41. The van der Waals surface area contributed by atoms with Crippen LogP contribution in [-0.2, 0) is 11.0 Å². The largest absolute Gasteiger partial charge is 0.418 e. The number of amides is 1. The molecule has 230 valence electrons. The van der Waals surface area contributed by atoms with Gasteiger partial charge in [0, 0.05) is 51.9 Å². The van der Waals surface area contributed by atoms with Crippen LogP contribution in [0.2, 0.25) is 0 Å². The molecule has 2 aromatic heterocycles. The number of alkyl halides is 4. The Bertz CT molecular complexity index is 1720. The van der Waals surface area contributed by atoms with Crippen LogP contribution < -0.4 is 15.4 Å². The highest BCUT2D eigenvalue weighted by atomic mass is 19.4. The zero-order chi connectivity index (χ0) is 31.3. The molecule has 1 amide bonds. The minimum absolute atomic E-state index is 0.0454. The molecule has 15 heteroatoms. The van der Waals surface area contributed by atoms with E-state index in [9.17, 15) is 32.4 Å². The molecule has 5 heterocycles. The Morgan fingerprint density at radius 1 is 1.14 bits per heavy atom. The summed E-state index contributed by atoms with van der Waals surface area (Å²) in [5.41, 5.74) is -2.42. The van der Waals surface area contributed by atoms with E-state index in [1.807, 2.05) is 14.7 Å². The molecule has 3 aliphatic rings. The first-order valence-corrected chi connectivity index (χ1v) is 14.2. The average molecular weight is 612 g/mol. The maximum atomic E-state index is 14.1. The smallest absolute Gasteiger partial charge is 0.352 e. The van der Waals surface area contributed by atoms with E-state index in [4.69, 9.17) is 4.98 Å². The number of anilines is 2. The second-order valence-corrected chi connectivity index (χ2v) is 11.2. The summed E-state index contributed by atoms with van der Waals surface area (Å²) in [6.45, 7) is 7.32. The number of carbonyl (C=O) groups excluding carboxylic acids is 1. The van der Waals surface area contributed by atoms with Gasteiger partial charge in [0.25, 0.3) is 5.56 Å². The minimum atomic E-state index is -4.74. The molecule has 0 bridgehead atoms. The van der Waals surface area contributed by atoms with E-state index in [-0.39, 0.29) is 53.9 Å². The third kappa shape index (κ3) is 5.12. The van der Waals surface area contributed by atoms with Gasteiger partial charge in [0.2, 0.25) is 11.9 Å². The highest BCUT2D eigenvalue weighted by Crippen LogP contribution is 2.36. The fraction of sp³-hybridized carbons (Fsp3) is 0.448. The third-order valence-corrected chi connectivity index (χ3v) is 8.47. The Hall–Kier alpha value is -4.58. The van der Waals surface area contributed by atoms with Gasteiger partial charge in [0.1, 0.15) is 17.5 Å².